The maximum Gasteiger partial charge on any atom is 0.331 e. The van der Waals surface area contributed by atoms with Crippen LogP contribution in [0.15, 0.2) is 0 Å². The second-order valence-electron chi connectivity index (χ2n) is 3.26. The highest BCUT2D eigenvalue weighted by molar-refractivity contribution is 9.10. The predicted octanol–water partition coefficient (Wildman–Crippen LogP) is 0.170. The second-order valence-corrected chi connectivity index (χ2v) is 4.64. The van der Waals surface area contributed by atoms with Crippen molar-refractivity contribution in [2.75, 3.05) is 26.9 Å². The van der Waals surface area contributed by atoms with Crippen molar-refractivity contribution >= 4 is 27.8 Å². The van der Waals surface area contributed by atoms with Crippen molar-refractivity contribution in [3.63, 3.8) is 0 Å². The number of methoxy groups -OCH3 is 1. The number of alkyl halides is 1. The first-order chi connectivity index (χ1) is 7.07. The second kappa shape index (κ2) is 5.46. The Hall–Kier alpha value is -0.620. The summed E-state index contributed by atoms with van der Waals surface area (Å²) in [5.41, 5.74) is 0. The molecule has 0 N–H and O–H groups in total. The fourth-order valence-electron chi connectivity index (χ4n) is 1.43. The number of nitrogens with zero attached hydrogens (tertiary/aromatic N) is 1. The minimum atomic E-state index is -0.615. The van der Waals surface area contributed by atoms with Crippen molar-refractivity contribution in [1.82, 2.24) is 4.90 Å². The van der Waals surface area contributed by atoms with E-state index in [0.29, 0.717) is 13.2 Å². The Morgan fingerprint density at radius 3 is 2.80 bits per heavy atom. The van der Waals surface area contributed by atoms with Crippen molar-refractivity contribution in [3.05, 3.63) is 0 Å². The molecule has 1 rings (SSSR count). The van der Waals surface area contributed by atoms with E-state index in [1.54, 1.807) is 6.92 Å². The van der Waals surface area contributed by atoms with Crippen LogP contribution in [0.5, 0.6) is 0 Å². The van der Waals surface area contributed by atoms with Crippen LogP contribution in [0.3, 0.4) is 0 Å². The molecule has 6 heteroatoms. The lowest BCUT2D eigenvalue weighted by atomic mass is 10.2. The highest BCUT2D eigenvalue weighted by Gasteiger charge is 2.34. The lowest BCUT2D eigenvalue weighted by Gasteiger charge is -2.34. The summed E-state index contributed by atoms with van der Waals surface area (Å²) in [5.74, 6) is -0.551. The van der Waals surface area contributed by atoms with E-state index in [-0.39, 0.29) is 17.3 Å². The molecule has 0 spiro atoms. The number of morpholine rings is 1. The number of esters is 1. The summed E-state index contributed by atoms with van der Waals surface area (Å²) in [7, 11) is 1.30. The number of hydrogen-bond donors (Lipinski definition) is 0. The van der Waals surface area contributed by atoms with Crippen LogP contribution in [0.2, 0.25) is 0 Å². The lowest BCUT2D eigenvalue weighted by molar-refractivity contribution is -0.160. The van der Waals surface area contributed by atoms with E-state index in [9.17, 15) is 9.59 Å². The summed E-state index contributed by atoms with van der Waals surface area (Å²) in [6.07, 6.45) is 0. The molecule has 1 aliphatic rings. The number of amides is 1. The third kappa shape index (κ3) is 2.92. The van der Waals surface area contributed by atoms with Gasteiger partial charge >= 0.3 is 5.97 Å². The molecule has 0 aromatic rings. The van der Waals surface area contributed by atoms with Crippen LogP contribution in [0, 0.1) is 0 Å². The van der Waals surface area contributed by atoms with Crippen LogP contribution in [-0.4, -0.2) is 54.5 Å². The standard InChI is InChI=1S/C9H14BrNO4/c1-6(10)8(12)11-3-4-15-5-7(11)9(13)14-2/h6-7H,3-5H2,1-2H3. The zero-order chi connectivity index (χ0) is 11.4. The average Bonchev–Trinajstić information content (AvgIpc) is 2.27. The number of carbonyl (C=O) groups is 2. The van der Waals surface area contributed by atoms with Crippen molar-refractivity contribution in [2.45, 2.75) is 17.8 Å². The Labute approximate surface area is 96.8 Å². The van der Waals surface area contributed by atoms with Gasteiger partial charge in [0.15, 0.2) is 6.04 Å². The van der Waals surface area contributed by atoms with Crippen molar-refractivity contribution in [3.8, 4) is 0 Å². The van der Waals surface area contributed by atoms with E-state index in [1.165, 1.54) is 12.0 Å². The fraction of sp³-hybridized carbons (Fsp3) is 0.778. The zero-order valence-electron chi connectivity index (χ0n) is 8.73. The molecule has 5 nitrogen and oxygen atoms in total. The maximum atomic E-state index is 11.7. The van der Waals surface area contributed by atoms with Gasteiger partial charge in [0, 0.05) is 6.54 Å². The molecular weight excluding hydrogens is 266 g/mol. The van der Waals surface area contributed by atoms with Gasteiger partial charge in [-0.25, -0.2) is 4.79 Å². The van der Waals surface area contributed by atoms with Gasteiger partial charge in [-0.15, -0.1) is 0 Å². The minimum Gasteiger partial charge on any atom is -0.467 e. The number of carbonyl (C=O) groups excluding carboxylic acids is 2. The van der Waals surface area contributed by atoms with Gasteiger partial charge in [-0.2, -0.15) is 0 Å². The lowest BCUT2D eigenvalue weighted by Crippen LogP contribution is -2.54. The van der Waals surface area contributed by atoms with E-state index in [2.05, 4.69) is 20.7 Å². The van der Waals surface area contributed by atoms with Crippen LogP contribution in [0.4, 0.5) is 0 Å². The average molecular weight is 280 g/mol. The number of ether oxygens (including phenoxy) is 2. The minimum absolute atomic E-state index is 0.117. The van der Waals surface area contributed by atoms with Crippen LogP contribution in [-0.2, 0) is 19.1 Å². The summed E-state index contributed by atoms with van der Waals surface area (Å²) in [4.78, 5) is 24.3. The molecule has 86 valence electrons. The quantitative estimate of drug-likeness (QED) is 0.534. The first-order valence-electron chi connectivity index (χ1n) is 4.68. The molecule has 15 heavy (non-hydrogen) atoms. The van der Waals surface area contributed by atoms with Crippen molar-refractivity contribution in [1.29, 1.82) is 0 Å². The molecule has 0 aromatic heterocycles. The van der Waals surface area contributed by atoms with Gasteiger partial charge in [0.2, 0.25) is 5.91 Å². The topological polar surface area (TPSA) is 55.8 Å². The fourth-order valence-corrected chi connectivity index (χ4v) is 1.69. The summed E-state index contributed by atoms with van der Waals surface area (Å²) in [5, 5.41) is 0. The summed E-state index contributed by atoms with van der Waals surface area (Å²) in [6.45, 7) is 2.82. The molecular formula is C9H14BrNO4. The van der Waals surface area contributed by atoms with E-state index >= 15 is 0 Å². The SMILES string of the molecule is COC(=O)C1COCCN1C(=O)C(C)Br. The molecule has 0 bridgehead atoms. The molecule has 1 aliphatic heterocycles. The Morgan fingerprint density at radius 2 is 2.27 bits per heavy atom. The molecule has 1 heterocycles. The predicted molar refractivity (Wildman–Crippen MR) is 56.7 cm³/mol. The Bertz CT molecular complexity index is 256. The largest absolute Gasteiger partial charge is 0.467 e. The van der Waals surface area contributed by atoms with Crippen molar-refractivity contribution < 1.29 is 19.1 Å². The number of rotatable bonds is 2. The van der Waals surface area contributed by atoms with Gasteiger partial charge < -0.3 is 14.4 Å². The molecule has 0 radical (unpaired) electrons. The van der Waals surface area contributed by atoms with Crippen LogP contribution in [0.25, 0.3) is 0 Å². The van der Waals surface area contributed by atoms with E-state index in [1.807, 2.05) is 0 Å². The Balaban J connectivity index is 2.73. The van der Waals surface area contributed by atoms with E-state index in [0.717, 1.165) is 0 Å². The monoisotopic (exact) mass is 279 g/mol. The third-order valence-corrected chi connectivity index (χ3v) is 2.62. The molecule has 1 fully saturated rings. The zero-order valence-corrected chi connectivity index (χ0v) is 10.3. The highest BCUT2D eigenvalue weighted by atomic mass is 79.9. The summed E-state index contributed by atoms with van der Waals surface area (Å²) >= 11 is 3.19. The van der Waals surface area contributed by atoms with Gasteiger partial charge in [0.05, 0.1) is 25.2 Å². The van der Waals surface area contributed by atoms with Gasteiger partial charge in [-0.3, -0.25) is 4.79 Å². The number of halogens is 1. The molecule has 2 unspecified atom stereocenters. The Morgan fingerprint density at radius 1 is 1.60 bits per heavy atom. The molecule has 2 atom stereocenters. The molecule has 0 saturated carbocycles. The molecule has 0 aliphatic carbocycles. The molecule has 1 amide bonds. The van der Waals surface area contributed by atoms with Gasteiger partial charge in [0.1, 0.15) is 0 Å². The van der Waals surface area contributed by atoms with E-state index in [4.69, 9.17) is 4.74 Å². The summed E-state index contributed by atoms with van der Waals surface area (Å²) < 4.78 is 9.78. The summed E-state index contributed by atoms with van der Waals surface area (Å²) in [6, 6.07) is -0.615. The smallest absolute Gasteiger partial charge is 0.331 e. The van der Waals surface area contributed by atoms with Crippen molar-refractivity contribution in [2.24, 2.45) is 0 Å². The van der Waals surface area contributed by atoms with Gasteiger partial charge in [-0.05, 0) is 6.92 Å². The van der Waals surface area contributed by atoms with Gasteiger partial charge in [0.25, 0.3) is 0 Å². The van der Waals surface area contributed by atoms with Crippen LogP contribution < -0.4 is 0 Å². The van der Waals surface area contributed by atoms with Crippen LogP contribution >= 0.6 is 15.9 Å². The Kier molecular flexibility index (Phi) is 4.53. The first-order valence-corrected chi connectivity index (χ1v) is 5.59. The first kappa shape index (κ1) is 12.4. The maximum absolute atomic E-state index is 11.7. The molecule has 0 aromatic carbocycles. The highest BCUT2D eigenvalue weighted by Crippen LogP contribution is 2.13. The van der Waals surface area contributed by atoms with Crippen LogP contribution in [0.1, 0.15) is 6.92 Å². The van der Waals surface area contributed by atoms with E-state index < -0.39 is 12.0 Å². The number of hydrogen-bond acceptors (Lipinski definition) is 4. The van der Waals surface area contributed by atoms with Gasteiger partial charge in [-0.1, -0.05) is 15.9 Å². The third-order valence-electron chi connectivity index (χ3n) is 2.23. The normalized spacial score (nSPS) is 23.4. The molecule has 1 saturated heterocycles.